The van der Waals surface area contributed by atoms with Crippen LogP contribution < -0.4 is 5.46 Å². The van der Waals surface area contributed by atoms with Gasteiger partial charge in [-0.05, 0) is 119 Å². The molecule has 4 saturated carbocycles. The first-order valence-corrected chi connectivity index (χ1v) is 12.7. The number of hydrogen-bond donors (Lipinski definition) is 3. The fourth-order valence-electron chi connectivity index (χ4n) is 7.78. The van der Waals surface area contributed by atoms with Gasteiger partial charge in [-0.25, -0.2) is 0 Å². The molecule has 0 amide bonds. The number of aliphatic hydroxyl groups excluding tert-OH is 1. The lowest BCUT2D eigenvalue weighted by molar-refractivity contribution is -0.00558. The Bertz CT molecular complexity index is 1150. The number of aliphatic hydroxyl groups is 1. The number of hydrogen-bond acceptors (Lipinski definition) is 3. The van der Waals surface area contributed by atoms with E-state index in [1.807, 2.05) is 12.1 Å². The maximum absolute atomic E-state index is 9.51. The first-order valence-electron chi connectivity index (χ1n) is 12.7. The number of benzene rings is 3. The van der Waals surface area contributed by atoms with Gasteiger partial charge in [0.05, 0.1) is 0 Å². The second kappa shape index (κ2) is 8.27. The third-order valence-electron chi connectivity index (χ3n) is 8.82. The van der Waals surface area contributed by atoms with Crippen molar-refractivity contribution in [2.24, 2.45) is 17.8 Å². The van der Waals surface area contributed by atoms with Gasteiger partial charge >= 0.3 is 7.12 Å². The average molecular weight is 440 g/mol. The molecule has 4 aliphatic rings. The van der Waals surface area contributed by atoms with Gasteiger partial charge in [-0.3, -0.25) is 0 Å². The minimum Gasteiger partial charge on any atom is -0.423 e. The highest BCUT2D eigenvalue weighted by Gasteiger charge is 2.52. The standard InChI is InChI=1S/C29H33BO3/c31-9-1-2-22-3-4-26(23-5-6-25-14-27(30(32)33)8-7-24(25)13-23)15-28(22)29-16-19-10-20(17-29)12-21(11-19)18-29/h3-8,13-15,19-21,31-33H,1-2,9-12,16-18H2. The Hall–Kier alpha value is -2.14. The van der Waals surface area contributed by atoms with E-state index in [2.05, 4.69) is 36.4 Å². The van der Waals surface area contributed by atoms with Gasteiger partial charge < -0.3 is 15.2 Å². The zero-order valence-corrected chi connectivity index (χ0v) is 19.2. The van der Waals surface area contributed by atoms with Crippen molar-refractivity contribution in [3.8, 4) is 11.1 Å². The summed E-state index contributed by atoms with van der Waals surface area (Å²) < 4.78 is 0. The Morgan fingerprint density at radius 2 is 1.36 bits per heavy atom. The van der Waals surface area contributed by atoms with Crippen LogP contribution in [0.5, 0.6) is 0 Å². The summed E-state index contributed by atoms with van der Waals surface area (Å²) in [4.78, 5) is 0. The molecule has 4 fully saturated rings. The van der Waals surface area contributed by atoms with Crippen molar-refractivity contribution in [1.29, 1.82) is 0 Å². The molecule has 0 aliphatic heterocycles. The molecular formula is C29H33BO3. The third kappa shape index (κ3) is 3.82. The summed E-state index contributed by atoms with van der Waals surface area (Å²) in [6, 6.07) is 19.1. The minimum atomic E-state index is -1.44. The van der Waals surface area contributed by atoms with Gasteiger partial charge in [0, 0.05) is 6.61 Å². The minimum absolute atomic E-state index is 0.247. The van der Waals surface area contributed by atoms with Crippen molar-refractivity contribution in [3.63, 3.8) is 0 Å². The summed E-state index contributed by atoms with van der Waals surface area (Å²) in [6.45, 7) is 0.247. The average Bonchev–Trinajstić information content (AvgIpc) is 2.81. The topological polar surface area (TPSA) is 60.7 Å². The maximum atomic E-state index is 9.51. The van der Waals surface area contributed by atoms with Crippen LogP contribution in [0, 0.1) is 17.8 Å². The summed E-state index contributed by atoms with van der Waals surface area (Å²) >= 11 is 0. The Kier molecular flexibility index (Phi) is 5.36. The molecule has 0 radical (unpaired) electrons. The van der Waals surface area contributed by atoms with Gasteiger partial charge in [0.15, 0.2) is 0 Å². The molecule has 0 aromatic heterocycles. The van der Waals surface area contributed by atoms with E-state index in [4.69, 9.17) is 0 Å². The van der Waals surface area contributed by atoms with E-state index in [1.165, 1.54) is 55.2 Å². The van der Waals surface area contributed by atoms with Crippen LogP contribution in [0.4, 0.5) is 0 Å². The lowest BCUT2D eigenvalue weighted by Gasteiger charge is -2.57. The van der Waals surface area contributed by atoms with E-state index >= 15 is 0 Å². The molecule has 3 N–H and O–H groups in total. The van der Waals surface area contributed by atoms with Crippen molar-refractivity contribution in [1.82, 2.24) is 0 Å². The van der Waals surface area contributed by atoms with E-state index in [-0.39, 0.29) is 6.61 Å². The van der Waals surface area contributed by atoms with Gasteiger partial charge in [0.2, 0.25) is 0 Å². The van der Waals surface area contributed by atoms with Crippen molar-refractivity contribution in [3.05, 3.63) is 65.7 Å². The van der Waals surface area contributed by atoms with Crippen molar-refractivity contribution in [2.75, 3.05) is 6.61 Å². The van der Waals surface area contributed by atoms with Crippen LogP contribution >= 0.6 is 0 Å². The Labute approximate surface area is 196 Å². The molecule has 3 aromatic rings. The Balaban J connectivity index is 1.42. The molecule has 33 heavy (non-hydrogen) atoms. The predicted molar refractivity (Wildman–Crippen MR) is 134 cm³/mol. The fourth-order valence-corrected chi connectivity index (χ4v) is 7.78. The van der Waals surface area contributed by atoms with Gasteiger partial charge in [-0.15, -0.1) is 0 Å². The molecule has 7 rings (SSSR count). The molecule has 0 unspecified atom stereocenters. The maximum Gasteiger partial charge on any atom is 0.488 e. The van der Waals surface area contributed by atoms with Crippen LogP contribution in [-0.2, 0) is 11.8 Å². The molecule has 0 heterocycles. The second-order valence-electron chi connectivity index (χ2n) is 11.1. The number of fused-ring (bicyclic) bond motifs is 1. The molecule has 4 bridgehead atoms. The van der Waals surface area contributed by atoms with E-state index in [9.17, 15) is 15.2 Å². The zero-order valence-electron chi connectivity index (χ0n) is 19.2. The van der Waals surface area contributed by atoms with E-state index in [1.54, 1.807) is 11.6 Å². The first kappa shape index (κ1) is 21.4. The molecule has 0 atom stereocenters. The third-order valence-corrected chi connectivity index (χ3v) is 8.82. The van der Waals surface area contributed by atoms with Crippen LogP contribution in [0.2, 0.25) is 0 Å². The van der Waals surface area contributed by atoms with Crippen LogP contribution in [0.1, 0.15) is 56.1 Å². The molecule has 170 valence electrons. The van der Waals surface area contributed by atoms with Gasteiger partial charge in [-0.1, -0.05) is 48.5 Å². The molecule has 4 aliphatic carbocycles. The van der Waals surface area contributed by atoms with Crippen molar-refractivity contribution >= 4 is 23.4 Å². The summed E-state index contributed by atoms with van der Waals surface area (Å²) in [5.41, 5.74) is 6.33. The van der Waals surface area contributed by atoms with Crippen LogP contribution in [0.25, 0.3) is 21.9 Å². The molecular weight excluding hydrogens is 407 g/mol. The van der Waals surface area contributed by atoms with E-state index in [0.717, 1.165) is 41.4 Å². The van der Waals surface area contributed by atoms with Crippen LogP contribution in [0.3, 0.4) is 0 Å². The number of aryl methyl sites for hydroxylation is 1. The fraction of sp³-hybridized carbons (Fsp3) is 0.448. The highest BCUT2D eigenvalue weighted by molar-refractivity contribution is 6.58. The number of rotatable bonds is 6. The van der Waals surface area contributed by atoms with Crippen LogP contribution in [0.15, 0.2) is 54.6 Å². The van der Waals surface area contributed by atoms with Crippen molar-refractivity contribution < 1.29 is 15.2 Å². The molecule has 0 spiro atoms. The summed E-state index contributed by atoms with van der Waals surface area (Å²) in [6.07, 6.45) is 10.2. The second-order valence-corrected chi connectivity index (χ2v) is 11.1. The highest BCUT2D eigenvalue weighted by atomic mass is 16.4. The highest BCUT2D eigenvalue weighted by Crippen LogP contribution is 2.61. The molecule has 3 nitrogen and oxygen atoms in total. The monoisotopic (exact) mass is 440 g/mol. The normalized spacial score (nSPS) is 27.9. The molecule has 0 saturated heterocycles. The summed E-state index contributed by atoms with van der Waals surface area (Å²) in [5, 5.41) is 30.6. The smallest absolute Gasteiger partial charge is 0.423 e. The predicted octanol–water partition coefficient (Wildman–Crippen LogP) is 4.58. The Morgan fingerprint density at radius 1 is 0.758 bits per heavy atom. The summed E-state index contributed by atoms with van der Waals surface area (Å²) in [5.74, 6) is 2.71. The largest absolute Gasteiger partial charge is 0.488 e. The van der Waals surface area contributed by atoms with Crippen molar-refractivity contribution in [2.45, 2.75) is 56.8 Å². The molecule has 3 aromatic carbocycles. The van der Waals surface area contributed by atoms with E-state index in [0.29, 0.717) is 10.9 Å². The lowest BCUT2D eigenvalue weighted by atomic mass is 9.47. The zero-order chi connectivity index (χ0) is 22.6. The van der Waals surface area contributed by atoms with Gasteiger partial charge in [-0.2, -0.15) is 0 Å². The Morgan fingerprint density at radius 3 is 2.03 bits per heavy atom. The lowest BCUT2D eigenvalue weighted by Crippen LogP contribution is -2.49. The summed E-state index contributed by atoms with van der Waals surface area (Å²) in [7, 11) is -1.44. The quantitative estimate of drug-likeness (QED) is 0.492. The molecule has 4 heteroatoms. The van der Waals surface area contributed by atoms with Gasteiger partial charge in [0.25, 0.3) is 0 Å². The van der Waals surface area contributed by atoms with Gasteiger partial charge in [0.1, 0.15) is 0 Å². The van der Waals surface area contributed by atoms with Crippen LogP contribution in [-0.4, -0.2) is 28.9 Å². The first-order chi connectivity index (χ1) is 16.0. The SMILES string of the molecule is OCCCc1ccc(-c2ccc3cc(B(O)O)ccc3c2)cc1C12CC3CC(CC(C3)C1)C2. The van der Waals surface area contributed by atoms with E-state index < -0.39 is 7.12 Å².